The predicted molar refractivity (Wildman–Crippen MR) is 150 cm³/mol. The van der Waals surface area contributed by atoms with E-state index in [0.29, 0.717) is 37.4 Å². The Bertz CT molecular complexity index is 1240. The Hall–Kier alpha value is -3.04. The van der Waals surface area contributed by atoms with E-state index in [1.54, 1.807) is 57.5 Å². The molecule has 0 unspecified atom stereocenters. The lowest BCUT2D eigenvalue weighted by Gasteiger charge is -2.24. The normalized spacial score (nSPS) is 10.7. The van der Waals surface area contributed by atoms with Gasteiger partial charge in [-0.3, -0.25) is 14.5 Å². The lowest BCUT2D eigenvalue weighted by molar-refractivity contribution is -0.141. The van der Waals surface area contributed by atoms with E-state index in [9.17, 15) is 9.59 Å². The Morgan fingerprint density at radius 1 is 0.892 bits per heavy atom. The molecular formula is C28H29Br2NO6. The first-order chi connectivity index (χ1) is 17.7. The molecule has 0 aliphatic heterocycles. The summed E-state index contributed by atoms with van der Waals surface area (Å²) in [6.45, 7) is 5.84. The molecule has 0 atom stereocenters. The number of hydrogen-bond donors (Lipinski definition) is 0. The van der Waals surface area contributed by atoms with Crippen molar-refractivity contribution in [3.05, 3.63) is 74.7 Å². The van der Waals surface area contributed by atoms with Crippen molar-refractivity contribution < 1.29 is 28.5 Å². The Kier molecular flexibility index (Phi) is 10.00. The molecule has 37 heavy (non-hydrogen) atoms. The maximum absolute atomic E-state index is 13.4. The van der Waals surface area contributed by atoms with E-state index in [1.807, 2.05) is 18.2 Å². The number of ether oxygens (including phenoxy) is 4. The molecule has 1 amide bonds. The highest BCUT2D eigenvalue weighted by molar-refractivity contribution is 9.11. The quantitative estimate of drug-likeness (QED) is 0.217. The highest BCUT2D eigenvalue weighted by Crippen LogP contribution is 2.41. The van der Waals surface area contributed by atoms with Crippen LogP contribution in [0, 0.1) is 0 Å². The molecule has 0 aliphatic rings. The molecule has 0 fully saturated rings. The van der Waals surface area contributed by atoms with Crippen molar-refractivity contribution >= 4 is 49.4 Å². The van der Waals surface area contributed by atoms with Crippen LogP contribution in [0.5, 0.6) is 23.0 Å². The minimum absolute atomic E-state index is 0.212. The van der Waals surface area contributed by atoms with Crippen LogP contribution in [0.15, 0.2) is 63.5 Å². The van der Waals surface area contributed by atoms with Gasteiger partial charge in [-0.25, -0.2) is 0 Å². The van der Waals surface area contributed by atoms with E-state index in [0.717, 1.165) is 11.3 Å². The summed E-state index contributed by atoms with van der Waals surface area (Å²) >= 11 is 7.14. The maximum Gasteiger partial charge on any atom is 0.326 e. The van der Waals surface area contributed by atoms with Crippen LogP contribution in [0.3, 0.4) is 0 Å². The first-order valence-electron chi connectivity index (χ1n) is 11.6. The summed E-state index contributed by atoms with van der Waals surface area (Å²) in [5.41, 5.74) is 1.91. The summed E-state index contributed by atoms with van der Waals surface area (Å²) in [7, 11) is 3.20. The van der Waals surface area contributed by atoms with E-state index < -0.39 is 5.97 Å². The number of anilines is 1. The molecule has 0 aliphatic carbocycles. The molecule has 0 radical (unpaired) electrons. The standard InChI is InChI=1S/C28H29Br2NO6/c1-6-36-26(32)16-31(28(33)18-7-9-20(34-4)10-8-18)19-13-23(29)27(24(30)14-19)37-21-11-12-25(35-5)22(15-21)17(2)3/h7-15,17H,6,16H2,1-5H3. The number of carbonyl (C=O) groups excluding carboxylic acids is 2. The summed E-state index contributed by atoms with van der Waals surface area (Å²) in [6, 6.07) is 15.8. The van der Waals surface area contributed by atoms with Crippen molar-refractivity contribution in [1.29, 1.82) is 0 Å². The van der Waals surface area contributed by atoms with Crippen LogP contribution < -0.4 is 19.1 Å². The molecule has 0 aromatic heterocycles. The van der Waals surface area contributed by atoms with Gasteiger partial charge >= 0.3 is 5.97 Å². The molecule has 3 aromatic rings. The number of halogens is 2. The van der Waals surface area contributed by atoms with Crippen LogP contribution in [0.25, 0.3) is 0 Å². The molecule has 7 nitrogen and oxygen atoms in total. The smallest absolute Gasteiger partial charge is 0.326 e. The maximum atomic E-state index is 13.4. The molecule has 0 bridgehead atoms. The van der Waals surface area contributed by atoms with Gasteiger partial charge in [0.15, 0.2) is 5.75 Å². The van der Waals surface area contributed by atoms with Crippen LogP contribution in [-0.2, 0) is 9.53 Å². The van der Waals surface area contributed by atoms with Gasteiger partial charge in [0, 0.05) is 16.8 Å². The summed E-state index contributed by atoms with van der Waals surface area (Å²) in [6.07, 6.45) is 0. The first kappa shape index (κ1) is 28.5. The number of methoxy groups -OCH3 is 2. The molecule has 0 saturated heterocycles. The second-order valence-corrected chi connectivity index (χ2v) is 10.0. The zero-order valence-electron chi connectivity index (χ0n) is 21.3. The summed E-state index contributed by atoms with van der Waals surface area (Å²) in [5, 5.41) is 0. The lowest BCUT2D eigenvalue weighted by Crippen LogP contribution is -2.36. The molecule has 0 saturated carbocycles. The third-order valence-electron chi connectivity index (χ3n) is 5.51. The van der Waals surface area contributed by atoms with Gasteiger partial charge in [0.1, 0.15) is 23.8 Å². The van der Waals surface area contributed by atoms with Crippen molar-refractivity contribution in [1.82, 2.24) is 0 Å². The molecule has 3 rings (SSSR count). The third kappa shape index (κ3) is 7.05. The van der Waals surface area contributed by atoms with Gasteiger partial charge in [-0.15, -0.1) is 0 Å². The second-order valence-electron chi connectivity index (χ2n) is 8.32. The average Bonchev–Trinajstić information content (AvgIpc) is 2.89. The summed E-state index contributed by atoms with van der Waals surface area (Å²) < 4.78 is 23.2. The fourth-order valence-electron chi connectivity index (χ4n) is 3.65. The number of rotatable bonds is 10. The predicted octanol–water partition coefficient (Wildman–Crippen LogP) is 7.35. The van der Waals surface area contributed by atoms with Crippen molar-refractivity contribution in [3.8, 4) is 23.0 Å². The number of benzene rings is 3. The number of carbonyl (C=O) groups is 2. The first-order valence-corrected chi connectivity index (χ1v) is 13.2. The number of amides is 1. The van der Waals surface area contributed by atoms with Crippen molar-refractivity contribution in [3.63, 3.8) is 0 Å². The highest BCUT2D eigenvalue weighted by atomic mass is 79.9. The summed E-state index contributed by atoms with van der Waals surface area (Å²) in [4.78, 5) is 27.2. The SMILES string of the molecule is CCOC(=O)CN(C(=O)c1ccc(OC)cc1)c1cc(Br)c(Oc2ccc(OC)c(C(C)C)c2)c(Br)c1. The fourth-order valence-corrected chi connectivity index (χ4v) is 4.97. The monoisotopic (exact) mass is 633 g/mol. The Balaban J connectivity index is 1.97. The van der Waals surface area contributed by atoms with E-state index in [4.69, 9.17) is 18.9 Å². The molecule has 0 heterocycles. The number of nitrogens with zero attached hydrogens (tertiary/aromatic N) is 1. The molecular weight excluding hydrogens is 606 g/mol. The van der Waals surface area contributed by atoms with E-state index >= 15 is 0 Å². The minimum Gasteiger partial charge on any atom is -0.497 e. The largest absolute Gasteiger partial charge is 0.497 e. The molecule has 0 spiro atoms. The summed E-state index contributed by atoms with van der Waals surface area (Å²) in [5.74, 6) is 1.94. The van der Waals surface area contributed by atoms with E-state index in [-0.39, 0.29) is 25.0 Å². The molecule has 9 heteroatoms. The van der Waals surface area contributed by atoms with Crippen molar-refractivity contribution in [2.45, 2.75) is 26.7 Å². The van der Waals surface area contributed by atoms with Crippen LogP contribution in [-0.4, -0.2) is 39.2 Å². The molecule has 196 valence electrons. The van der Waals surface area contributed by atoms with Gasteiger partial charge in [-0.1, -0.05) is 13.8 Å². The van der Waals surface area contributed by atoms with Crippen molar-refractivity contribution in [2.75, 3.05) is 32.3 Å². The van der Waals surface area contributed by atoms with E-state index in [2.05, 4.69) is 45.7 Å². The second kappa shape index (κ2) is 13.0. The van der Waals surface area contributed by atoms with Gasteiger partial charge in [0.2, 0.25) is 0 Å². The Labute approximate surface area is 233 Å². The van der Waals surface area contributed by atoms with Crippen LogP contribution in [0.2, 0.25) is 0 Å². The zero-order valence-corrected chi connectivity index (χ0v) is 24.5. The van der Waals surface area contributed by atoms with Gasteiger partial charge in [-0.05, 0) is 99.3 Å². The highest BCUT2D eigenvalue weighted by Gasteiger charge is 2.24. The topological polar surface area (TPSA) is 74.3 Å². The third-order valence-corrected chi connectivity index (χ3v) is 6.69. The number of hydrogen-bond acceptors (Lipinski definition) is 6. The fraction of sp³-hybridized carbons (Fsp3) is 0.286. The Morgan fingerprint density at radius 3 is 2.05 bits per heavy atom. The van der Waals surface area contributed by atoms with Gasteiger partial charge in [0.25, 0.3) is 5.91 Å². The van der Waals surface area contributed by atoms with Gasteiger partial charge in [0.05, 0.1) is 29.8 Å². The minimum atomic E-state index is -0.517. The van der Waals surface area contributed by atoms with Crippen LogP contribution >= 0.6 is 31.9 Å². The molecule has 0 N–H and O–H groups in total. The Morgan fingerprint density at radius 2 is 1.51 bits per heavy atom. The van der Waals surface area contributed by atoms with Crippen molar-refractivity contribution in [2.24, 2.45) is 0 Å². The lowest BCUT2D eigenvalue weighted by atomic mass is 10.0. The van der Waals surface area contributed by atoms with Crippen LogP contribution in [0.1, 0.15) is 42.6 Å². The average molecular weight is 635 g/mol. The van der Waals surface area contributed by atoms with Crippen LogP contribution in [0.4, 0.5) is 5.69 Å². The zero-order chi connectivity index (χ0) is 27.1. The number of esters is 1. The molecule has 3 aromatic carbocycles. The van der Waals surface area contributed by atoms with E-state index in [1.165, 1.54) is 4.90 Å². The van der Waals surface area contributed by atoms with Gasteiger partial charge < -0.3 is 18.9 Å². The van der Waals surface area contributed by atoms with Gasteiger partial charge in [-0.2, -0.15) is 0 Å².